The van der Waals surface area contributed by atoms with Crippen LogP contribution in [0.5, 0.6) is 0 Å². The Hall–Kier alpha value is -3.68. The van der Waals surface area contributed by atoms with E-state index in [4.69, 9.17) is 0 Å². The van der Waals surface area contributed by atoms with Crippen LogP contribution < -0.4 is 21.3 Å². The van der Waals surface area contributed by atoms with Crippen molar-refractivity contribution < 1.29 is 19.2 Å². The maximum atomic E-state index is 12.9. The van der Waals surface area contributed by atoms with Crippen molar-refractivity contribution >= 4 is 46.4 Å². The third-order valence-corrected chi connectivity index (χ3v) is 6.67. The van der Waals surface area contributed by atoms with E-state index in [0.29, 0.717) is 61.3 Å². The molecule has 0 unspecified atom stereocenters. The molecule has 4 amide bonds. The molecule has 3 rings (SSSR count). The smallest absolute Gasteiger partial charge is 0.227 e. The topological polar surface area (TPSA) is 116 Å². The number of amides is 4. The summed E-state index contributed by atoms with van der Waals surface area (Å²) in [6, 6.07) is 10.9. The van der Waals surface area contributed by atoms with Crippen molar-refractivity contribution in [3.05, 3.63) is 47.5 Å². The van der Waals surface area contributed by atoms with Gasteiger partial charge in [-0.2, -0.15) is 0 Å². The number of anilines is 4. The molecule has 2 aromatic carbocycles. The van der Waals surface area contributed by atoms with Gasteiger partial charge in [-0.05, 0) is 74.9 Å². The Balaban J connectivity index is 1.53. The molecule has 1 fully saturated rings. The molecule has 4 N–H and O–H groups in total. The number of carbonyl (C=O) groups excluding carboxylic acids is 4. The van der Waals surface area contributed by atoms with E-state index in [1.165, 1.54) is 0 Å². The molecule has 8 heteroatoms. The van der Waals surface area contributed by atoms with Crippen LogP contribution in [0.25, 0.3) is 0 Å². The van der Waals surface area contributed by atoms with E-state index >= 15 is 0 Å². The maximum Gasteiger partial charge on any atom is 0.227 e. The molecule has 0 bridgehead atoms. The van der Waals surface area contributed by atoms with Crippen molar-refractivity contribution in [2.75, 3.05) is 21.3 Å². The highest BCUT2D eigenvalue weighted by Crippen LogP contribution is 2.31. The summed E-state index contributed by atoms with van der Waals surface area (Å²) in [5.41, 5.74) is 4.51. The molecule has 36 heavy (non-hydrogen) atoms. The molecule has 0 radical (unpaired) electrons. The first-order chi connectivity index (χ1) is 17.2. The number of aryl methyl sites for hydroxylation is 2. The standard InChI is InChI=1S/C28H36N4O4/c1-5-25(33)31-23-15-21(13-7-17(23)3)29-27(35)19-9-11-20(12-10-19)28(36)30-22-14-8-18(4)24(16-22)32-26(34)6-2/h7-8,13-16,19-20H,5-6,9-12H2,1-4H3,(H,29,35)(H,30,36)(H,31,33)(H,32,34). The van der Waals surface area contributed by atoms with E-state index in [9.17, 15) is 19.2 Å². The summed E-state index contributed by atoms with van der Waals surface area (Å²) in [5.74, 6) is -0.629. The van der Waals surface area contributed by atoms with Crippen LogP contribution in [0.3, 0.4) is 0 Å². The van der Waals surface area contributed by atoms with Gasteiger partial charge < -0.3 is 21.3 Å². The summed E-state index contributed by atoms with van der Waals surface area (Å²) in [6.07, 6.45) is 3.27. The molecule has 0 aliphatic heterocycles. The number of benzene rings is 2. The zero-order valence-corrected chi connectivity index (χ0v) is 21.5. The fraction of sp³-hybridized carbons (Fsp3) is 0.429. The average molecular weight is 493 g/mol. The second-order valence-corrected chi connectivity index (χ2v) is 9.39. The van der Waals surface area contributed by atoms with E-state index in [2.05, 4.69) is 21.3 Å². The van der Waals surface area contributed by atoms with Crippen LogP contribution in [-0.2, 0) is 19.2 Å². The second-order valence-electron chi connectivity index (χ2n) is 9.39. The Labute approximate surface area is 212 Å². The average Bonchev–Trinajstić information content (AvgIpc) is 2.87. The van der Waals surface area contributed by atoms with Crippen molar-refractivity contribution in [3.63, 3.8) is 0 Å². The number of hydrogen-bond acceptors (Lipinski definition) is 4. The van der Waals surface area contributed by atoms with Crippen LogP contribution in [0.2, 0.25) is 0 Å². The molecule has 0 atom stereocenters. The van der Waals surface area contributed by atoms with Gasteiger partial charge in [-0.15, -0.1) is 0 Å². The Morgan fingerprint density at radius 3 is 1.33 bits per heavy atom. The first kappa shape index (κ1) is 26.9. The first-order valence-electron chi connectivity index (χ1n) is 12.6. The van der Waals surface area contributed by atoms with Crippen LogP contribution in [-0.4, -0.2) is 23.6 Å². The molecule has 0 saturated heterocycles. The summed E-state index contributed by atoms with van der Waals surface area (Å²) in [7, 11) is 0. The van der Waals surface area contributed by atoms with Crippen molar-refractivity contribution in [1.82, 2.24) is 0 Å². The zero-order chi connectivity index (χ0) is 26.2. The van der Waals surface area contributed by atoms with Crippen LogP contribution in [0.1, 0.15) is 63.5 Å². The minimum absolute atomic E-state index is 0.0691. The van der Waals surface area contributed by atoms with Gasteiger partial charge in [-0.3, -0.25) is 19.2 Å². The summed E-state index contributed by atoms with van der Waals surface area (Å²) in [6.45, 7) is 7.39. The van der Waals surface area contributed by atoms with Crippen molar-refractivity contribution in [2.24, 2.45) is 11.8 Å². The molecule has 192 valence electrons. The number of nitrogens with one attached hydrogen (secondary N) is 4. The van der Waals surface area contributed by atoms with Crippen LogP contribution in [0, 0.1) is 25.7 Å². The predicted molar refractivity (Wildman–Crippen MR) is 143 cm³/mol. The van der Waals surface area contributed by atoms with Gasteiger partial charge in [0, 0.05) is 47.4 Å². The predicted octanol–water partition coefficient (Wildman–Crippen LogP) is 5.38. The number of rotatable bonds is 8. The molecule has 1 saturated carbocycles. The Bertz CT molecular complexity index is 1050. The molecule has 8 nitrogen and oxygen atoms in total. The van der Waals surface area contributed by atoms with Gasteiger partial charge in [-0.25, -0.2) is 0 Å². The molecule has 0 heterocycles. The molecule has 0 aromatic heterocycles. The van der Waals surface area contributed by atoms with Gasteiger partial charge in [0.05, 0.1) is 0 Å². The van der Waals surface area contributed by atoms with E-state index in [-0.39, 0.29) is 35.5 Å². The quantitative estimate of drug-likeness (QED) is 0.396. The Morgan fingerprint density at radius 2 is 1.00 bits per heavy atom. The van der Waals surface area contributed by atoms with Gasteiger partial charge in [0.2, 0.25) is 23.6 Å². The summed E-state index contributed by atoms with van der Waals surface area (Å²) in [5, 5.41) is 11.6. The monoisotopic (exact) mass is 492 g/mol. The highest BCUT2D eigenvalue weighted by atomic mass is 16.2. The first-order valence-corrected chi connectivity index (χ1v) is 12.6. The van der Waals surface area contributed by atoms with E-state index in [0.717, 1.165) is 11.1 Å². The van der Waals surface area contributed by atoms with Gasteiger partial charge in [0.25, 0.3) is 0 Å². The molecule has 1 aliphatic carbocycles. The molecular formula is C28H36N4O4. The van der Waals surface area contributed by atoms with Crippen LogP contribution in [0.4, 0.5) is 22.7 Å². The largest absolute Gasteiger partial charge is 0.326 e. The Kier molecular flexibility index (Phi) is 9.22. The third kappa shape index (κ3) is 7.16. The minimum Gasteiger partial charge on any atom is -0.326 e. The molecular weight excluding hydrogens is 456 g/mol. The molecule has 0 spiro atoms. The van der Waals surface area contributed by atoms with Crippen molar-refractivity contribution in [1.29, 1.82) is 0 Å². The lowest BCUT2D eigenvalue weighted by Crippen LogP contribution is -2.32. The van der Waals surface area contributed by atoms with E-state index < -0.39 is 0 Å². The van der Waals surface area contributed by atoms with Gasteiger partial charge in [0.1, 0.15) is 0 Å². The van der Waals surface area contributed by atoms with Crippen molar-refractivity contribution in [2.45, 2.75) is 66.2 Å². The van der Waals surface area contributed by atoms with E-state index in [1.807, 2.05) is 38.1 Å². The van der Waals surface area contributed by atoms with Crippen LogP contribution in [0.15, 0.2) is 36.4 Å². The lowest BCUT2D eigenvalue weighted by atomic mass is 9.81. The molecule has 2 aromatic rings. The lowest BCUT2D eigenvalue weighted by molar-refractivity contribution is -0.125. The minimum atomic E-state index is -0.167. The zero-order valence-electron chi connectivity index (χ0n) is 21.5. The van der Waals surface area contributed by atoms with Crippen molar-refractivity contribution in [3.8, 4) is 0 Å². The SMILES string of the molecule is CCC(=O)Nc1cc(NC(=O)C2CCC(C(=O)Nc3ccc(C)c(NC(=O)CC)c3)CC2)ccc1C. The summed E-state index contributed by atoms with van der Waals surface area (Å²) < 4.78 is 0. The van der Waals surface area contributed by atoms with Gasteiger partial charge in [0.15, 0.2) is 0 Å². The fourth-order valence-corrected chi connectivity index (χ4v) is 4.25. The molecule has 1 aliphatic rings. The highest BCUT2D eigenvalue weighted by Gasteiger charge is 2.30. The highest BCUT2D eigenvalue weighted by molar-refractivity contribution is 5.97. The number of carbonyl (C=O) groups is 4. The number of hydrogen-bond donors (Lipinski definition) is 4. The third-order valence-electron chi connectivity index (χ3n) is 6.67. The van der Waals surface area contributed by atoms with E-state index in [1.54, 1.807) is 26.0 Å². The van der Waals surface area contributed by atoms with Crippen LogP contribution >= 0.6 is 0 Å². The maximum absolute atomic E-state index is 12.9. The second kappa shape index (κ2) is 12.3. The summed E-state index contributed by atoms with van der Waals surface area (Å²) >= 11 is 0. The Morgan fingerprint density at radius 1 is 0.639 bits per heavy atom. The fourth-order valence-electron chi connectivity index (χ4n) is 4.25. The lowest BCUT2D eigenvalue weighted by Gasteiger charge is -2.27. The summed E-state index contributed by atoms with van der Waals surface area (Å²) in [4.78, 5) is 49.2. The van der Waals surface area contributed by atoms with Gasteiger partial charge >= 0.3 is 0 Å². The normalized spacial score (nSPS) is 17.1. The van der Waals surface area contributed by atoms with Gasteiger partial charge in [-0.1, -0.05) is 26.0 Å².